The fraction of sp³-hybridized carbons (Fsp3) is 0.667. The molecule has 0 heterocycles. The van der Waals surface area contributed by atoms with Gasteiger partial charge in [-0.25, -0.2) is 13.1 Å². The fourth-order valence-corrected chi connectivity index (χ4v) is 7.24. The quantitative estimate of drug-likeness (QED) is 0.750. The average Bonchev–Trinajstić information content (AvgIpc) is 2.60. The van der Waals surface area contributed by atoms with Crippen molar-refractivity contribution in [3.05, 3.63) is 29.8 Å². The lowest BCUT2D eigenvalue weighted by atomic mass is 9.49. The zero-order valence-corrected chi connectivity index (χ0v) is 16.9. The van der Waals surface area contributed by atoms with Gasteiger partial charge in [0.15, 0.2) is 0 Å². The Morgan fingerprint density at radius 2 is 1.59 bits per heavy atom. The molecule has 0 aliphatic heterocycles. The van der Waals surface area contributed by atoms with Crippen LogP contribution in [0.4, 0.5) is 0 Å². The predicted molar refractivity (Wildman–Crippen MR) is 105 cm³/mol. The SMILES string of the molecule is CCNS(=O)(=O)c1ccc(C(=O)NCCC23CC4CC(CC(C4)C2)C3)cc1. The monoisotopic (exact) mass is 390 g/mol. The Balaban J connectivity index is 1.32. The average molecular weight is 391 g/mol. The van der Waals surface area contributed by atoms with Crippen LogP contribution in [0.25, 0.3) is 0 Å². The van der Waals surface area contributed by atoms with Crippen molar-refractivity contribution >= 4 is 15.9 Å². The first kappa shape index (κ1) is 18.9. The lowest BCUT2D eigenvalue weighted by Gasteiger charge is -2.57. The van der Waals surface area contributed by atoms with Gasteiger partial charge in [-0.05, 0) is 92.4 Å². The van der Waals surface area contributed by atoms with Gasteiger partial charge in [-0.3, -0.25) is 4.79 Å². The number of benzene rings is 1. The molecule has 1 amide bonds. The van der Waals surface area contributed by atoms with Crippen LogP contribution in [0.5, 0.6) is 0 Å². The third kappa shape index (κ3) is 3.92. The van der Waals surface area contributed by atoms with Gasteiger partial charge in [0.1, 0.15) is 0 Å². The van der Waals surface area contributed by atoms with Crippen LogP contribution in [0.1, 0.15) is 62.2 Å². The molecule has 0 spiro atoms. The summed E-state index contributed by atoms with van der Waals surface area (Å²) in [5, 5.41) is 3.05. The lowest BCUT2D eigenvalue weighted by molar-refractivity contribution is -0.0564. The second kappa shape index (κ2) is 7.21. The molecule has 4 fully saturated rings. The maximum atomic E-state index is 12.4. The molecule has 0 aromatic heterocycles. The van der Waals surface area contributed by atoms with Gasteiger partial charge in [0, 0.05) is 18.7 Å². The number of hydrogen-bond acceptors (Lipinski definition) is 3. The van der Waals surface area contributed by atoms with Crippen molar-refractivity contribution in [2.24, 2.45) is 23.2 Å². The Bertz CT molecular complexity index is 766. The Hall–Kier alpha value is -1.40. The Morgan fingerprint density at radius 3 is 2.11 bits per heavy atom. The standard InChI is InChI=1S/C21H30N2O3S/c1-2-23-27(25,26)19-5-3-18(4-6-19)20(24)22-8-7-21-12-15-9-16(13-21)11-17(10-15)14-21/h3-6,15-17,23H,2,7-14H2,1H3,(H,22,24). The highest BCUT2D eigenvalue weighted by Gasteiger charge is 2.50. The first-order chi connectivity index (χ1) is 12.9. The summed E-state index contributed by atoms with van der Waals surface area (Å²) in [6.45, 7) is 2.79. The predicted octanol–water partition coefficient (Wildman–Crippen LogP) is 3.32. The minimum atomic E-state index is -3.48. The molecule has 148 valence electrons. The lowest BCUT2D eigenvalue weighted by Crippen LogP contribution is -2.47. The van der Waals surface area contributed by atoms with Gasteiger partial charge in [0.05, 0.1) is 4.90 Å². The zero-order chi connectivity index (χ0) is 19.1. The first-order valence-electron chi connectivity index (χ1n) is 10.3. The highest BCUT2D eigenvalue weighted by molar-refractivity contribution is 7.89. The van der Waals surface area contributed by atoms with Crippen LogP contribution in [0.15, 0.2) is 29.2 Å². The van der Waals surface area contributed by atoms with Gasteiger partial charge in [0.2, 0.25) is 10.0 Å². The van der Waals surface area contributed by atoms with E-state index in [1.807, 2.05) is 0 Å². The number of amides is 1. The van der Waals surface area contributed by atoms with E-state index in [1.54, 1.807) is 19.1 Å². The molecule has 0 atom stereocenters. The van der Waals surface area contributed by atoms with Crippen molar-refractivity contribution in [3.63, 3.8) is 0 Å². The van der Waals surface area contributed by atoms with E-state index in [-0.39, 0.29) is 10.8 Å². The summed E-state index contributed by atoms with van der Waals surface area (Å²) in [6.07, 6.45) is 9.45. The van der Waals surface area contributed by atoms with E-state index in [2.05, 4.69) is 10.0 Å². The van der Waals surface area contributed by atoms with Crippen LogP contribution in [0, 0.1) is 23.2 Å². The van der Waals surface area contributed by atoms with E-state index in [1.165, 1.54) is 50.7 Å². The molecule has 1 aromatic rings. The maximum absolute atomic E-state index is 12.4. The normalized spacial score (nSPS) is 31.8. The van der Waals surface area contributed by atoms with Gasteiger partial charge < -0.3 is 5.32 Å². The van der Waals surface area contributed by atoms with E-state index >= 15 is 0 Å². The molecule has 5 rings (SSSR count). The second-order valence-electron chi connectivity index (χ2n) is 8.95. The second-order valence-corrected chi connectivity index (χ2v) is 10.7. The highest BCUT2D eigenvalue weighted by atomic mass is 32.2. The Labute approximate surface area is 162 Å². The summed E-state index contributed by atoms with van der Waals surface area (Å²) < 4.78 is 26.4. The topological polar surface area (TPSA) is 75.3 Å². The third-order valence-corrected chi connectivity index (χ3v) is 8.43. The summed E-state index contributed by atoms with van der Waals surface area (Å²) in [6, 6.07) is 6.16. The summed E-state index contributed by atoms with van der Waals surface area (Å²) >= 11 is 0. The molecule has 0 radical (unpaired) electrons. The van der Waals surface area contributed by atoms with Crippen molar-refractivity contribution in [1.82, 2.24) is 10.0 Å². The van der Waals surface area contributed by atoms with Crippen molar-refractivity contribution in [1.29, 1.82) is 0 Å². The molecule has 5 nitrogen and oxygen atoms in total. The van der Waals surface area contributed by atoms with Crippen molar-refractivity contribution < 1.29 is 13.2 Å². The molecule has 0 unspecified atom stereocenters. The Kier molecular flexibility index (Phi) is 5.06. The molecule has 4 saturated carbocycles. The van der Waals surface area contributed by atoms with Gasteiger partial charge >= 0.3 is 0 Å². The molecule has 27 heavy (non-hydrogen) atoms. The minimum absolute atomic E-state index is 0.118. The smallest absolute Gasteiger partial charge is 0.251 e. The number of sulfonamides is 1. The van der Waals surface area contributed by atoms with Gasteiger partial charge in [0.25, 0.3) is 5.91 Å². The van der Waals surface area contributed by atoms with E-state index in [9.17, 15) is 13.2 Å². The minimum Gasteiger partial charge on any atom is -0.352 e. The summed E-state index contributed by atoms with van der Waals surface area (Å²) in [5.41, 5.74) is 0.974. The molecular formula is C21H30N2O3S. The number of nitrogens with one attached hydrogen (secondary N) is 2. The molecule has 4 aliphatic rings. The molecule has 4 bridgehead atoms. The van der Waals surface area contributed by atoms with Crippen LogP contribution < -0.4 is 10.0 Å². The zero-order valence-electron chi connectivity index (χ0n) is 16.0. The summed E-state index contributed by atoms with van der Waals surface area (Å²) in [7, 11) is -3.48. The molecule has 1 aromatic carbocycles. The van der Waals surface area contributed by atoms with Crippen molar-refractivity contribution in [3.8, 4) is 0 Å². The van der Waals surface area contributed by atoms with Gasteiger partial charge in [-0.2, -0.15) is 0 Å². The number of carbonyl (C=O) groups excluding carboxylic acids is 1. The summed E-state index contributed by atoms with van der Waals surface area (Å²) in [5.74, 6) is 2.67. The van der Waals surface area contributed by atoms with Crippen LogP contribution in [-0.2, 0) is 10.0 Å². The van der Waals surface area contributed by atoms with Gasteiger partial charge in [-0.15, -0.1) is 0 Å². The van der Waals surface area contributed by atoms with Crippen LogP contribution in [0.3, 0.4) is 0 Å². The molecule has 6 heteroatoms. The number of rotatable bonds is 7. The molecule has 0 saturated heterocycles. The van der Waals surface area contributed by atoms with Crippen molar-refractivity contribution in [2.45, 2.75) is 56.8 Å². The third-order valence-electron chi connectivity index (χ3n) is 6.87. The Morgan fingerprint density at radius 1 is 1.04 bits per heavy atom. The number of hydrogen-bond donors (Lipinski definition) is 2. The van der Waals surface area contributed by atoms with E-state index < -0.39 is 10.0 Å². The van der Waals surface area contributed by atoms with Crippen molar-refractivity contribution in [2.75, 3.05) is 13.1 Å². The summed E-state index contributed by atoms with van der Waals surface area (Å²) in [4.78, 5) is 12.6. The van der Waals surface area contributed by atoms with Gasteiger partial charge in [-0.1, -0.05) is 6.92 Å². The van der Waals surface area contributed by atoms with Crippen LogP contribution in [0.2, 0.25) is 0 Å². The van der Waals surface area contributed by atoms with E-state index in [0.717, 1.165) is 24.2 Å². The molecule has 4 aliphatic carbocycles. The van der Waals surface area contributed by atoms with Crippen LogP contribution in [-0.4, -0.2) is 27.4 Å². The van der Waals surface area contributed by atoms with E-state index in [4.69, 9.17) is 0 Å². The molecule has 2 N–H and O–H groups in total. The fourth-order valence-electron chi connectivity index (χ4n) is 6.20. The first-order valence-corrected chi connectivity index (χ1v) is 11.8. The largest absolute Gasteiger partial charge is 0.352 e. The maximum Gasteiger partial charge on any atom is 0.251 e. The highest BCUT2D eigenvalue weighted by Crippen LogP contribution is 2.61. The number of carbonyl (C=O) groups is 1. The molecular weight excluding hydrogens is 360 g/mol. The van der Waals surface area contributed by atoms with Crippen LogP contribution >= 0.6 is 0 Å². The van der Waals surface area contributed by atoms with E-state index in [0.29, 0.717) is 24.1 Å².